The number of allylic oxidation sites excluding steroid dienone is 1. The molecular weight excluding hydrogens is 242 g/mol. The van der Waals surface area contributed by atoms with Gasteiger partial charge in [-0.15, -0.1) is 12.4 Å². The first-order valence-corrected chi connectivity index (χ1v) is 6.70. The van der Waals surface area contributed by atoms with Gasteiger partial charge in [0.1, 0.15) is 0 Å². The van der Waals surface area contributed by atoms with Gasteiger partial charge in [-0.05, 0) is 41.9 Å². The van der Waals surface area contributed by atoms with Gasteiger partial charge in [-0.3, -0.25) is 0 Å². The van der Waals surface area contributed by atoms with Gasteiger partial charge < -0.3 is 5.32 Å². The van der Waals surface area contributed by atoms with Crippen molar-refractivity contribution in [2.75, 3.05) is 13.1 Å². The molecule has 0 aromatic heterocycles. The number of hydrogen-bond donors (Lipinski definition) is 1. The van der Waals surface area contributed by atoms with E-state index in [1.165, 1.54) is 24.9 Å². The molecule has 0 radical (unpaired) electrons. The van der Waals surface area contributed by atoms with Gasteiger partial charge in [0.2, 0.25) is 0 Å². The normalized spacial score (nSPS) is 29.8. The van der Waals surface area contributed by atoms with E-state index >= 15 is 0 Å². The average molecular weight is 264 g/mol. The van der Waals surface area contributed by atoms with Crippen LogP contribution in [0.3, 0.4) is 0 Å². The lowest BCUT2D eigenvalue weighted by molar-refractivity contribution is 0.277. The van der Waals surface area contributed by atoms with E-state index in [-0.39, 0.29) is 12.4 Å². The van der Waals surface area contributed by atoms with E-state index in [2.05, 4.69) is 49.5 Å². The van der Waals surface area contributed by atoms with Gasteiger partial charge in [0, 0.05) is 19.0 Å². The third kappa shape index (κ3) is 2.00. The highest BCUT2D eigenvalue weighted by molar-refractivity contribution is 5.85. The van der Waals surface area contributed by atoms with E-state index in [9.17, 15) is 0 Å². The molecule has 2 aliphatic rings. The van der Waals surface area contributed by atoms with Crippen LogP contribution in [0, 0.1) is 5.41 Å². The Morgan fingerprint density at radius 2 is 2.22 bits per heavy atom. The molecule has 1 aliphatic carbocycles. The quantitative estimate of drug-likeness (QED) is 0.813. The van der Waals surface area contributed by atoms with E-state index in [0.29, 0.717) is 5.41 Å². The van der Waals surface area contributed by atoms with E-state index in [4.69, 9.17) is 0 Å². The summed E-state index contributed by atoms with van der Waals surface area (Å²) in [5.74, 6) is 0.719. The summed E-state index contributed by atoms with van der Waals surface area (Å²) in [6.07, 6.45) is 6.97. The van der Waals surface area contributed by atoms with Crippen molar-refractivity contribution < 1.29 is 0 Å². The lowest BCUT2D eigenvalue weighted by Gasteiger charge is -2.37. The molecule has 1 saturated heterocycles. The zero-order valence-electron chi connectivity index (χ0n) is 11.2. The molecule has 1 fully saturated rings. The number of hydrogen-bond acceptors (Lipinski definition) is 1. The van der Waals surface area contributed by atoms with Crippen molar-refractivity contribution >= 4 is 18.5 Å². The van der Waals surface area contributed by atoms with Crippen LogP contribution in [-0.2, 0) is 6.42 Å². The number of rotatable bonds is 1. The minimum atomic E-state index is 0. The van der Waals surface area contributed by atoms with Crippen LogP contribution in [0.1, 0.15) is 42.9 Å². The molecule has 1 N–H and O–H groups in total. The fourth-order valence-electron chi connectivity index (χ4n) is 3.60. The van der Waals surface area contributed by atoms with Gasteiger partial charge in [0.25, 0.3) is 0 Å². The first-order chi connectivity index (χ1) is 8.24. The van der Waals surface area contributed by atoms with Crippen molar-refractivity contribution in [1.29, 1.82) is 0 Å². The third-order valence-corrected chi connectivity index (χ3v) is 4.63. The van der Waals surface area contributed by atoms with Crippen LogP contribution in [0.2, 0.25) is 0 Å². The van der Waals surface area contributed by atoms with Crippen LogP contribution >= 0.6 is 12.4 Å². The maximum absolute atomic E-state index is 3.58. The minimum Gasteiger partial charge on any atom is -0.316 e. The Kier molecular flexibility index (Phi) is 3.84. The lowest BCUT2D eigenvalue weighted by atomic mass is 9.66. The van der Waals surface area contributed by atoms with E-state index in [1.807, 2.05) is 0 Å². The monoisotopic (exact) mass is 263 g/mol. The van der Waals surface area contributed by atoms with Gasteiger partial charge in [0.15, 0.2) is 0 Å². The zero-order chi connectivity index (χ0) is 11.9. The topological polar surface area (TPSA) is 12.0 Å². The fourth-order valence-corrected chi connectivity index (χ4v) is 3.60. The Balaban J connectivity index is 0.00000120. The van der Waals surface area contributed by atoms with Crippen molar-refractivity contribution in [2.24, 2.45) is 5.41 Å². The second-order valence-electron chi connectivity index (χ2n) is 5.75. The van der Waals surface area contributed by atoms with Crippen LogP contribution in [-0.4, -0.2) is 13.1 Å². The highest BCUT2D eigenvalue weighted by Gasteiger charge is 2.43. The van der Waals surface area contributed by atoms with Gasteiger partial charge in [-0.1, -0.05) is 37.3 Å². The highest BCUT2D eigenvalue weighted by Crippen LogP contribution is 2.48. The number of nitrogens with one attached hydrogen (secondary N) is 1. The fraction of sp³-hybridized carbons (Fsp3) is 0.500. The number of fused-ring (bicyclic) bond motifs is 3. The standard InChI is InChI=1S/C16H21N.ClH/c1-3-5-12-6-4-7-14-13(12)8-9-16(2)11-17-10-15(14)16;/h3-7,15,17H,8-11H2,1-2H3;1H/b5-3-;/t15-,16-;/m0./s1. The van der Waals surface area contributed by atoms with Gasteiger partial charge in [-0.2, -0.15) is 0 Å². The summed E-state index contributed by atoms with van der Waals surface area (Å²) in [5.41, 5.74) is 5.11. The van der Waals surface area contributed by atoms with Crippen LogP contribution in [0.4, 0.5) is 0 Å². The van der Waals surface area contributed by atoms with Crippen molar-refractivity contribution in [3.8, 4) is 0 Å². The molecule has 0 unspecified atom stereocenters. The highest BCUT2D eigenvalue weighted by atomic mass is 35.5. The second-order valence-corrected chi connectivity index (χ2v) is 5.75. The first-order valence-electron chi connectivity index (χ1n) is 6.70. The van der Waals surface area contributed by atoms with Crippen molar-refractivity contribution in [3.05, 3.63) is 41.0 Å². The smallest absolute Gasteiger partial charge is 0.00324 e. The van der Waals surface area contributed by atoms with Crippen molar-refractivity contribution in [3.63, 3.8) is 0 Å². The number of benzene rings is 1. The molecule has 1 heterocycles. The average Bonchev–Trinajstić information content (AvgIpc) is 2.72. The molecule has 0 amide bonds. The lowest BCUT2D eigenvalue weighted by Crippen LogP contribution is -2.30. The molecule has 0 saturated carbocycles. The molecule has 3 rings (SSSR count). The SMILES string of the molecule is C/C=C\c1cccc2c1CC[C@@]1(C)CNC[C@@H]21.Cl. The third-order valence-electron chi connectivity index (χ3n) is 4.63. The molecule has 1 nitrogen and oxygen atoms in total. The summed E-state index contributed by atoms with van der Waals surface area (Å²) >= 11 is 0. The first kappa shape index (κ1) is 13.6. The predicted molar refractivity (Wildman–Crippen MR) is 80.4 cm³/mol. The Hall–Kier alpha value is -0.790. The van der Waals surface area contributed by atoms with E-state index in [1.54, 1.807) is 11.1 Å². The summed E-state index contributed by atoms with van der Waals surface area (Å²) in [7, 11) is 0. The summed E-state index contributed by atoms with van der Waals surface area (Å²) in [6, 6.07) is 6.82. The summed E-state index contributed by atoms with van der Waals surface area (Å²) < 4.78 is 0. The van der Waals surface area contributed by atoms with Crippen LogP contribution in [0.25, 0.3) is 6.08 Å². The molecule has 1 aliphatic heterocycles. The van der Waals surface area contributed by atoms with Crippen molar-refractivity contribution in [2.45, 2.75) is 32.6 Å². The molecular formula is C16H22ClN. The maximum atomic E-state index is 3.58. The number of halogens is 1. The van der Waals surface area contributed by atoms with E-state index < -0.39 is 0 Å². The molecule has 0 spiro atoms. The van der Waals surface area contributed by atoms with Crippen LogP contribution in [0.15, 0.2) is 24.3 Å². The van der Waals surface area contributed by atoms with Crippen LogP contribution in [0.5, 0.6) is 0 Å². The largest absolute Gasteiger partial charge is 0.316 e. The summed E-state index contributed by atoms with van der Waals surface area (Å²) in [5, 5.41) is 3.58. The summed E-state index contributed by atoms with van der Waals surface area (Å²) in [6.45, 7) is 6.89. The van der Waals surface area contributed by atoms with Gasteiger partial charge in [0.05, 0.1) is 0 Å². The minimum absolute atomic E-state index is 0. The molecule has 18 heavy (non-hydrogen) atoms. The molecule has 2 atom stereocenters. The Morgan fingerprint density at radius 1 is 1.39 bits per heavy atom. The van der Waals surface area contributed by atoms with Gasteiger partial charge in [-0.25, -0.2) is 0 Å². The predicted octanol–water partition coefficient (Wildman–Crippen LogP) is 3.78. The zero-order valence-corrected chi connectivity index (χ0v) is 12.0. The van der Waals surface area contributed by atoms with E-state index in [0.717, 1.165) is 12.5 Å². The molecule has 2 heteroatoms. The molecule has 98 valence electrons. The van der Waals surface area contributed by atoms with Crippen molar-refractivity contribution in [1.82, 2.24) is 5.32 Å². The molecule has 1 aromatic carbocycles. The Bertz CT molecular complexity index is 466. The summed E-state index contributed by atoms with van der Waals surface area (Å²) in [4.78, 5) is 0. The Labute approximate surface area is 116 Å². The maximum Gasteiger partial charge on any atom is 0.00324 e. The second kappa shape index (κ2) is 5.07. The Morgan fingerprint density at radius 3 is 3.00 bits per heavy atom. The van der Waals surface area contributed by atoms with Gasteiger partial charge >= 0.3 is 0 Å². The molecule has 1 aromatic rings. The molecule has 0 bridgehead atoms. The van der Waals surface area contributed by atoms with Crippen LogP contribution < -0.4 is 5.32 Å².